The first kappa shape index (κ1) is 11.5. The Labute approximate surface area is 113 Å². The SMILES string of the molecule is Clc1ccn2c(C3CCNCC3)nc(Br)c2c1. The summed E-state index contributed by atoms with van der Waals surface area (Å²) in [7, 11) is 0. The molecule has 2 aromatic rings. The topological polar surface area (TPSA) is 29.3 Å². The smallest absolute Gasteiger partial charge is 0.132 e. The van der Waals surface area contributed by atoms with E-state index in [-0.39, 0.29) is 0 Å². The maximum Gasteiger partial charge on any atom is 0.132 e. The number of piperidine rings is 1. The summed E-state index contributed by atoms with van der Waals surface area (Å²) in [4.78, 5) is 4.65. The minimum Gasteiger partial charge on any atom is -0.317 e. The van der Waals surface area contributed by atoms with Crippen LogP contribution in [-0.4, -0.2) is 22.5 Å². The highest BCUT2D eigenvalue weighted by Gasteiger charge is 2.21. The first-order valence-electron chi connectivity index (χ1n) is 5.79. The van der Waals surface area contributed by atoms with Crippen molar-refractivity contribution in [2.45, 2.75) is 18.8 Å². The van der Waals surface area contributed by atoms with Crippen molar-refractivity contribution in [3.63, 3.8) is 0 Å². The maximum absolute atomic E-state index is 6.01. The third kappa shape index (κ3) is 2.09. The van der Waals surface area contributed by atoms with Gasteiger partial charge in [0.15, 0.2) is 0 Å². The van der Waals surface area contributed by atoms with Gasteiger partial charge >= 0.3 is 0 Å². The Hall–Kier alpha value is -0.580. The summed E-state index contributed by atoms with van der Waals surface area (Å²) in [5.74, 6) is 1.68. The minimum atomic E-state index is 0.538. The van der Waals surface area contributed by atoms with Crippen LogP contribution in [-0.2, 0) is 0 Å². The predicted octanol–water partition coefficient (Wildman–Crippen LogP) is 3.22. The Morgan fingerprint density at radius 2 is 2.18 bits per heavy atom. The molecule has 3 rings (SSSR count). The molecule has 0 radical (unpaired) electrons. The van der Waals surface area contributed by atoms with Crippen molar-refractivity contribution >= 4 is 33.0 Å². The van der Waals surface area contributed by atoms with Gasteiger partial charge in [-0.05, 0) is 54.0 Å². The van der Waals surface area contributed by atoms with E-state index in [2.05, 4.69) is 30.6 Å². The number of aromatic nitrogens is 2. The number of pyridine rings is 1. The fourth-order valence-electron chi connectivity index (χ4n) is 2.41. The molecule has 1 aliphatic rings. The van der Waals surface area contributed by atoms with Gasteiger partial charge in [-0.1, -0.05) is 11.6 Å². The van der Waals surface area contributed by atoms with Gasteiger partial charge in [-0.25, -0.2) is 4.98 Å². The molecule has 0 unspecified atom stereocenters. The van der Waals surface area contributed by atoms with Gasteiger partial charge in [0.25, 0.3) is 0 Å². The summed E-state index contributed by atoms with van der Waals surface area (Å²) in [6, 6.07) is 3.86. The fourth-order valence-corrected chi connectivity index (χ4v) is 3.06. The number of hydrogen-bond acceptors (Lipinski definition) is 2. The summed E-state index contributed by atoms with van der Waals surface area (Å²) >= 11 is 9.53. The van der Waals surface area contributed by atoms with E-state index in [1.165, 1.54) is 0 Å². The third-order valence-corrected chi connectivity index (χ3v) is 4.11. The highest BCUT2D eigenvalue weighted by atomic mass is 79.9. The number of nitrogens with one attached hydrogen (secondary N) is 1. The van der Waals surface area contributed by atoms with Gasteiger partial charge in [0, 0.05) is 17.1 Å². The number of hydrogen-bond donors (Lipinski definition) is 1. The van der Waals surface area contributed by atoms with Crippen molar-refractivity contribution in [2.24, 2.45) is 0 Å². The van der Waals surface area contributed by atoms with Crippen LogP contribution < -0.4 is 5.32 Å². The van der Waals surface area contributed by atoms with Crippen LogP contribution in [0.4, 0.5) is 0 Å². The number of imidazole rings is 1. The molecular weight excluding hydrogens is 302 g/mol. The lowest BCUT2D eigenvalue weighted by molar-refractivity contribution is 0.444. The van der Waals surface area contributed by atoms with E-state index < -0.39 is 0 Å². The van der Waals surface area contributed by atoms with Crippen molar-refractivity contribution in [1.82, 2.24) is 14.7 Å². The lowest BCUT2D eigenvalue weighted by Gasteiger charge is -2.21. The number of nitrogens with zero attached hydrogens (tertiary/aromatic N) is 2. The molecule has 90 valence electrons. The molecule has 5 heteroatoms. The zero-order chi connectivity index (χ0) is 11.8. The van der Waals surface area contributed by atoms with Crippen molar-refractivity contribution in [3.05, 3.63) is 33.8 Å². The largest absolute Gasteiger partial charge is 0.317 e. The second kappa shape index (κ2) is 4.59. The van der Waals surface area contributed by atoms with Crippen LogP contribution in [0.1, 0.15) is 24.6 Å². The van der Waals surface area contributed by atoms with Crippen LogP contribution in [0.5, 0.6) is 0 Å². The van der Waals surface area contributed by atoms with Crippen molar-refractivity contribution in [3.8, 4) is 0 Å². The van der Waals surface area contributed by atoms with Crippen molar-refractivity contribution in [1.29, 1.82) is 0 Å². The van der Waals surface area contributed by atoms with Crippen LogP contribution in [0.2, 0.25) is 5.02 Å². The van der Waals surface area contributed by atoms with E-state index in [1.807, 2.05) is 18.3 Å². The number of halogens is 2. The molecule has 0 atom stereocenters. The molecule has 3 heterocycles. The zero-order valence-electron chi connectivity index (χ0n) is 9.29. The highest BCUT2D eigenvalue weighted by Crippen LogP contribution is 2.29. The first-order valence-corrected chi connectivity index (χ1v) is 6.96. The lowest BCUT2D eigenvalue weighted by Crippen LogP contribution is -2.27. The monoisotopic (exact) mass is 313 g/mol. The normalized spacial score (nSPS) is 17.8. The first-order chi connectivity index (χ1) is 8.25. The van der Waals surface area contributed by atoms with Crippen LogP contribution in [0.3, 0.4) is 0 Å². The highest BCUT2D eigenvalue weighted by molar-refractivity contribution is 9.10. The van der Waals surface area contributed by atoms with E-state index in [0.717, 1.165) is 46.9 Å². The number of rotatable bonds is 1. The predicted molar refractivity (Wildman–Crippen MR) is 72.7 cm³/mol. The van der Waals surface area contributed by atoms with Crippen molar-refractivity contribution in [2.75, 3.05) is 13.1 Å². The standard InChI is InChI=1S/C12H13BrClN3/c13-11-10-7-9(14)3-6-17(10)12(16-11)8-1-4-15-5-2-8/h3,6-8,15H,1-2,4-5H2. The summed E-state index contributed by atoms with van der Waals surface area (Å²) in [5.41, 5.74) is 1.05. The molecule has 0 amide bonds. The molecule has 0 saturated carbocycles. The van der Waals surface area contributed by atoms with E-state index in [4.69, 9.17) is 11.6 Å². The summed E-state index contributed by atoms with van der Waals surface area (Å²) in [6.45, 7) is 2.15. The molecule has 1 fully saturated rings. The van der Waals surface area contributed by atoms with Gasteiger partial charge in [0.2, 0.25) is 0 Å². The lowest BCUT2D eigenvalue weighted by atomic mass is 9.97. The third-order valence-electron chi connectivity index (χ3n) is 3.29. The summed E-state index contributed by atoms with van der Waals surface area (Å²) in [6.07, 6.45) is 4.30. The Balaban J connectivity index is 2.10. The summed E-state index contributed by atoms with van der Waals surface area (Å²) in [5, 5.41) is 4.12. The molecule has 0 spiro atoms. The maximum atomic E-state index is 6.01. The van der Waals surface area contributed by atoms with E-state index in [1.54, 1.807) is 0 Å². The Bertz CT molecular complexity index is 546. The van der Waals surface area contributed by atoms with Gasteiger partial charge < -0.3 is 9.72 Å². The Morgan fingerprint density at radius 3 is 2.94 bits per heavy atom. The zero-order valence-corrected chi connectivity index (χ0v) is 11.6. The minimum absolute atomic E-state index is 0.538. The molecule has 3 nitrogen and oxygen atoms in total. The second-order valence-electron chi connectivity index (χ2n) is 4.39. The average molecular weight is 315 g/mol. The summed E-state index contributed by atoms with van der Waals surface area (Å²) < 4.78 is 3.03. The molecule has 0 aliphatic carbocycles. The Morgan fingerprint density at radius 1 is 1.41 bits per heavy atom. The molecule has 1 aliphatic heterocycles. The fraction of sp³-hybridized carbons (Fsp3) is 0.417. The van der Waals surface area contributed by atoms with Crippen LogP contribution in [0.15, 0.2) is 22.9 Å². The molecule has 0 aromatic carbocycles. The number of fused-ring (bicyclic) bond motifs is 1. The van der Waals surface area contributed by atoms with E-state index >= 15 is 0 Å². The quantitative estimate of drug-likeness (QED) is 0.876. The molecule has 17 heavy (non-hydrogen) atoms. The van der Waals surface area contributed by atoms with Gasteiger partial charge in [-0.3, -0.25) is 0 Å². The van der Waals surface area contributed by atoms with Crippen molar-refractivity contribution < 1.29 is 0 Å². The van der Waals surface area contributed by atoms with Crippen LogP contribution in [0.25, 0.3) is 5.52 Å². The Kier molecular flexibility index (Phi) is 3.11. The molecule has 1 saturated heterocycles. The van der Waals surface area contributed by atoms with E-state index in [0.29, 0.717) is 5.92 Å². The second-order valence-corrected chi connectivity index (χ2v) is 5.57. The van der Waals surface area contributed by atoms with Crippen LogP contribution >= 0.6 is 27.5 Å². The molecular formula is C12H13BrClN3. The molecule has 2 aromatic heterocycles. The van der Waals surface area contributed by atoms with Crippen LogP contribution in [0, 0.1) is 0 Å². The van der Waals surface area contributed by atoms with E-state index in [9.17, 15) is 0 Å². The van der Waals surface area contributed by atoms with Gasteiger partial charge in [0.1, 0.15) is 10.4 Å². The van der Waals surface area contributed by atoms with Gasteiger partial charge in [0.05, 0.1) is 5.52 Å². The average Bonchev–Trinajstić information content (AvgIpc) is 2.68. The van der Waals surface area contributed by atoms with Gasteiger partial charge in [-0.2, -0.15) is 0 Å². The molecule has 1 N–H and O–H groups in total. The molecule has 0 bridgehead atoms. The van der Waals surface area contributed by atoms with Gasteiger partial charge in [-0.15, -0.1) is 0 Å².